The third-order valence-electron chi connectivity index (χ3n) is 6.55. The number of amides is 1. The Morgan fingerprint density at radius 3 is 2.55 bits per heavy atom. The van der Waals surface area contributed by atoms with Gasteiger partial charge in [-0.2, -0.15) is 13.2 Å². The lowest BCUT2D eigenvalue weighted by Gasteiger charge is -2.43. The summed E-state index contributed by atoms with van der Waals surface area (Å²) in [5, 5.41) is 0. The Hall–Kier alpha value is -2.39. The molecule has 182 valence electrons. The number of benzene rings is 1. The molecule has 1 aliphatic heterocycles. The van der Waals surface area contributed by atoms with E-state index >= 15 is 0 Å². The van der Waals surface area contributed by atoms with Crippen LogP contribution in [0, 0.1) is 11.3 Å². The molecule has 0 unspecified atom stereocenters. The number of carbonyl (C=O) groups is 2. The van der Waals surface area contributed by atoms with Crippen LogP contribution in [0.5, 0.6) is 0 Å². The molecule has 0 spiro atoms. The van der Waals surface area contributed by atoms with Crippen LogP contribution in [-0.2, 0) is 30.4 Å². The molecule has 1 saturated heterocycles. The van der Waals surface area contributed by atoms with Gasteiger partial charge in [0.25, 0.3) is 0 Å². The van der Waals surface area contributed by atoms with E-state index in [4.69, 9.17) is 14.2 Å². The van der Waals surface area contributed by atoms with Gasteiger partial charge in [0.2, 0.25) is 0 Å². The van der Waals surface area contributed by atoms with Gasteiger partial charge in [0.15, 0.2) is 0 Å². The summed E-state index contributed by atoms with van der Waals surface area (Å²) < 4.78 is 57.0. The molecule has 0 saturated carbocycles. The molecule has 3 rings (SSSR count). The van der Waals surface area contributed by atoms with Crippen molar-refractivity contribution in [3.63, 3.8) is 0 Å². The van der Waals surface area contributed by atoms with Crippen molar-refractivity contribution in [1.82, 2.24) is 4.90 Å². The van der Waals surface area contributed by atoms with E-state index in [0.29, 0.717) is 0 Å². The van der Waals surface area contributed by atoms with Crippen molar-refractivity contribution in [2.75, 3.05) is 20.3 Å². The molecule has 1 aliphatic carbocycles. The smallest absolute Gasteiger partial charge is 0.460 e. The van der Waals surface area contributed by atoms with Gasteiger partial charge in [0.05, 0.1) is 24.1 Å². The Morgan fingerprint density at radius 2 is 1.94 bits per heavy atom. The first-order valence-corrected chi connectivity index (χ1v) is 11.0. The molecule has 1 heterocycles. The van der Waals surface area contributed by atoms with E-state index in [-0.39, 0.29) is 38.6 Å². The summed E-state index contributed by atoms with van der Waals surface area (Å²) in [7, 11) is 1.38. The second kappa shape index (κ2) is 10.3. The molecule has 33 heavy (non-hydrogen) atoms. The highest BCUT2D eigenvalue weighted by atomic mass is 19.4. The second-order valence-corrected chi connectivity index (χ2v) is 8.80. The van der Waals surface area contributed by atoms with Crippen molar-refractivity contribution in [3.8, 4) is 0 Å². The molecule has 0 N–H and O–H groups in total. The molecular formula is C24H30F3NO5. The summed E-state index contributed by atoms with van der Waals surface area (Å²) >= 11 is 0. The van der Waals surface area contributed by atoms with Gasteiger partial charge in [-0.15, -0.1) is 0 Å². The number of esters is 1. The fourth-order valence-corrected chi connectivity index (χ4v) is 4.57. The number of halogens is 3. The van der Waals surface area contributed by atoms with Crippen molar-refractivity contribution in [3.05, 3.63) is 48.0 Å². The average molecular weight is 470 g/mol. The first-order chi connectivity index (χ1) is 15.6. The topological polar surface area (TPSA) is 65.1 Å². The van der Waals surface area contributed by atoms with Crippen LogP contribution in [-0.4, -0.2) is 61.5 Å². The Bertz CT molecular complexity index is 857. The zero-order valence-corrected chi connectivity index (χ0v) is 19.0. The highest BCUT2D eigenvalue weighted by Gasteiger charge is 2.53. The number of methoxy groups -OCH3 is 1. The van der Waals surface area contributed by atoms with Gasteiger partial charge in [-0.05, 0) is 24.3 Å². The van der Waals surface area contributed by atoms with Gasteiger partial charge < -0.3 is 19.1 Å². The molecule has 0 aromatic heterocycles. The van der Waals surface area contributed by atoms with Crippen LogP contribution in [0.1, 0.15) is 32.3 Å². The summed E-state index contributed by atoms with van der Waals surface area (Å²) in [5.74, 6) is -2.71. The fourth-order valence-electron chi connectivity index (χ4n) is 4.57. The third kappa shape index (κ3) is 5.41. The number of nitrogens with zero attached hydrogens (tertiary/aromatic N) is 1. The van der Waals surface area contributed by atoms with Gasteiger partial charge in [0, 0.05) is 13.7 Å². The molecule has 1 fully saturated rings. The maximum Gasteiger partial charge on any atom is 0.471 e. The number of rotatable bonds is 7. The summed E-state index contributed by atoms with van der Waals surface area (Å²) in [6.07, 6.45) is -2.41. The molecule has 6 nitrogen and oxygen atoms in total. The Morgan fingerprint density at radius 1 is 1.24 bits per heavy atom. The van der Waals surface area contributed by atoms with E-state index in [0.717, 1.165) is 10.5 Å². The van der Waals surface area contributed by atoms with Gasteiger partial charge in [0.1, 0.15) is 12.7 Å². The molecule has 9 heteroatoms. The van der Waals surface area contributed by atoms with Gasteiger partial charge in [-0.25, -0.2) is 0 Å². The van der Waals surface area contributed by atoms with E-state index in [2.05, 4.69) is 0 Å². The molecule has 0 radical (unpaired) electrons. The number of alkyl halides is 3. The fraction of sp³-hybridized carbons (Fsp3) is 0.583. The first-order valence-electron chi connectivity index (χ1n) is 11.0. The number of carbonyl (C=O) groups excluding carboxylic acids is 2. The lowest BCUT2D eigenvalue weighted by atomic mass is 9.76. The molecular weight excluding hydrogens is 439 g/mol. The molecule has 1 amide bonds. The van der Waals surface area contributed by atoms with Crippen molar-refractivity contribution in [1.29, 1.82) is 0 Å². The molecule has 2 aliphatic rings. The predicted octanol–water partition coefficient (Wildman–Crippen LogP) is 3.90. The molecule has 4 atom stereocenters. The van der Waals surface area contributed by atoms with Crippen LogP contribution < -0.4 is 0 Å². The SMILES string of the molecule is CO[C@@H]1COCC[C@@H]1N(C(=O)C(F)(F)F)[C@@H]1C=C[C@@](C(=O)OCc2ccccc2)(C(C)C)C1. The van der Waals surface area contributed by atoms with Crippen LogP contribution in [0.15, 0.2) is 42.5 Å². The molecule has 0 bridgehead atoms. The van der Waals surface area contributed by atoms with Crippen LogP contribution in [0.25, 0.3) is 0 Å². The predicted molar refractivity (Wildman–Crippen MR) is 114 cm³/mol. The van der Waals surface area contributed by atoms with Crippen LogP contribution in [0.4, 0.5) is 13.2 Å². The normalized spacial score (nSPS) is 27.5. The standard InChI is InChI=1S/C24H30F3NO5/c1-16(2)23(22(30)33-14-17-7-5-4-6-8-17)11-9-18(13-23)28(21(29)24(25,26)27)19-10-12-32-15-20(19)31-3/h4-9,11,16,18-20H,10,12-15H2,1-3H3/t18-,19+,20-,23+/m1/s1. The van der Waals surface area contributed by atoms with Crippen molar-refractivity contribution in [2.45, 2.75) is 57.7 Å². The minimum absolute atomic E-state index is 0.00784. The third-order valence-corrected chi connectivity index (χ3v) is 6.55. The van der Waals surface area contributed by atoms with E-state index in [1.165, 1.54) is 13.2 Å². The van der Waals surface area contributed by atoms with E-state index < -0.39 is 41.7 Å². The van der Waals surface area contributed by atoms with Crippen LogP contribution in [0.3, 0.4) is 0 Å². The van der Waals surface area contributed by atoms with E-state index in [1.807, 2.05) is 44.2 Å². The minimum Gasteiger partial charge on any atom is -0.460 e. The van der Waals surface area contributed by atoms with Crippen LogP contribution in [0.2, 0.25) is 0 Å². The van der Waals surface area contributed by atoms with Crippen molar-refractivity contribution < 1.29 is 37.0 Å². The zero-order valence-electron chi connectivity index (χ0n) is 19.0. The number of hydrogen-bond donors (Lipinski definition) is 0. The average Bonchev–Trinajstić information content (AvgIpc) is 3.24. The Kier molecular flexibility index (Phi) is 7.84. The summed E-state index contributed by atoms with van der Waals surface area (Å²) in [5.41, 5.74) is -0.334. The second-order valence-electron chi connectivity index (χ2n) is 8.80. The molecule has 1 aromatic carbocycles. The van der Waals surface area contributed by atoms with Crippen LogP contribution >= 0.6 is 0 Å². The lowest BCUT2D eigenvalue weighted by molar-refractivity contribution is -0.196. The highest BCUT2D eigenvalue weighted by Crippen LogP contribution is 2.44. The zero-order chi connectivity index (χ0) is 24.2. The van der Waals surface area contributed by atoms with Gasteiger partial charge >= 0.3 is 18.1 Å². The van der Waals surface area contributed by atoms with E-state index in [1.54, 1.807) is 6.08 Å². The summed E-state index contributed by atoms with van der Waals surface area (Å²) in [4.78, 5) is 26.5. The van der Waals surface area contributed by atoms with Crippen molar-refractivity contribution in [2.24, 2.45) is 11.3 Å². The van der Waals surface area contributed by atoms with E-state index in [9.17, 15) is 22.8 Å². The highest BCUT2D eigenvalue weighted by molar-refractivity contribution is 5.84. The maximum absolute atomic E-state index is 13.6. The van der Waals surface area contributed by atoms with Gasteiger partial charge in [-0.1, -0.05) is 56.3 Å². The number of ether oxygens (including phenoxy) is 3. The minimum atomic E-state index is -5.05. The first kappa shape index (κ1) is 25.2. The Balaban J connectivity index is 1.85. The summed E-state index contributed by atoms with van der Waals surface area (Å²) in [6, 6.07) is 7.40. The largest absolute Gasteiger partial charge is 0.471 e. The Labute approximate surface area is 191 Å². The number of hydrogen-bond acceptors (Lipinski definition) is 5. The monoisotopic (exact) mass is 469 g/mol. The van der Waals surface area contributed by atoms with Crippen molar-refractivity contribution >= 4 is 11.9 Å². The molecule has 1 aromatic rings. The van der Waals surface area contributed by atoms with Gasteiger partial charge in [-0.3, -0.25) is 9.59 Å². The lowest BCUT2D eigenvalue weighted by Crippen LogP contribution is -2.59. The quantitative estimate of drug-likeness (QED) is 0.448. The summed E-state index contributed by atoms with van der Waals surface area (Å²) in [6.45, 7) is 4.01. The maximum atomic E-state index is 13.6.